The van der Waals surface area contributed by atoms with E-state index in [9.17, 15) is 17.6 Å². The van der Waals surface area contributed by atoms with Crippen molar-refractivity contribution in [1.29, 1.82) is 5.26 Å². The molecule has 96 valence electrons. The largest absolute Gasteiger partial charge is 0.419 e. The first-order valence-electron chi connectivity index (χ1n) is 5.29. The van der Waals surface area contributed by atoms with E-state index in [1.165, 1.54) is 30.3 Å². The maximum Gasteiger partial charge on any atom is 0.419 e. The van der Waals surface area contributed by atoms with Crippen molar-refractivity contribution in [2.45, 2.75) is 6.18 Å². The minimum Gasteiger partial charge on any atom is -0.206 e. The average molecular weight is 265 g/mol. The number of hydrogen-bond acceptors (Lipinski definition) is 1. The van der Waals surface area contributed by atoms with Gasteiger partial charge < -0.3 is 0 Å². The first kappa shape index (κ1) is 13.1. The van der Waals surface area contributed by atoms with Crippen LogP contribution in [0.15, 0.2) is 42.5 Å². The topological polar surface area (TPSA) is 23.8 Å². The van der Waals surface area contributed by atoms with Gasteiger partial charge in [0.05, 0.1) is 17.2 Å². The lowest BCUT2D eigenvalue weighted by Gasteiger charge is -2.10. The second-order valence-electron chi connectivity index (χ2n) is 3.88. The Morgan fingerprint density at radius 3 is 2.00 bits per heavy atom. The normalized spacial score (nSPS) is 11.1. The molecule has 0 spiro atoms. The lowest BCUT2D eigenvalue weighted by atomic mass is 10.0. The van der Waals surface area contributed by atoms with Gasteiger partial charge in [0.1, 0.15) is 5.82 Å². The molecule has 0 atom stereocenters. The number of nitriles is 1. The van der Waals surface area contributed by atoms with Gasteiger partial charge in [-0.15, -0.1) is 0 Å². The van der Waals surface area contributed by atoms with Crippen LogP contribution in [0.2, 0.25) is 0 Å². The minimum atomic E-state index is -4.73. The standard InChI is InChI=1S/C14H7F4N/c15-13-6-5-11(7-12(13)14(16,17)18)10-3-1-9(8-19)2-4-10/h1-7H. The van der Waals surface area contributed by atoms with Crippen molar-refractivity contribution in [3.8, 4) is 17.2 Å². The van der Waals surface area contributed by atoms with Gasteiger partial charge in [-0.3, -0.25) is 0 Å². The Balaban J connectivity index is 2.49. The molecule has 0 fully saturated rings. The summed E-state index contributed by atoms with van der Waals surface area (Å²) in [5.74, 6) is -1.30. The van der Waals surface area contributed by atoms with Crippen LogP contribution in [0.3, 0.4) is 0 Å². The van der Waals surface area contributed by atoms with E-state index >= 15 is 0 Å². The van der Waals surface area contributed by atoms with Crippen LogP contribution in [0.1, 0.15) is 11.1 Å². The SMILES string of the molecule is N#Cc1ccc(-c2ccc(F)c(C(F)(F)F)c2)cc1. The molecule has 0 aromatic heterocycles. The monoisotopic (exact) mass is 265 g/mol. The van der Waals surface area contributed by atoms with Crippen LogP contribution in [-0.4, -0.2) is 0 Å². The van der Waals surface area contributed by atoms with Crippen molar-refractivity contribution >= 4 is 0 Å². The number of halogens is 4. The van der Waals surface area contributed by atoms with Crippen molar-refractivity contribution in [1.82, 2.24) is 0 Å². The Morgan fingerprint density at radius 2 is 1.47 bits per heavy atom. The molecule has 1 nitrogen and oxygen atoms in total. The molecule has 0 aliphatic rings. The highest BCUT2D eigenvalue weighted by Gasteiger charge is 2.34. The molecule has 0 unspecified atom stereocenters. The summed E-state index contributed by atoms with van der Waals surface area (Å²) >= 11 is 0. The average Bonchev–Trinajstić information content (AvgIpc) is 2.38. The summed E-state index contributed by atoms with van der Waals surface area (Å²) in [5.41, 5.74) is -0.154. The molecule has 5 heteroatoms. The van der Waals surface area contributed by atoms with Gasteiger partial charge >= 0.3 is 6.18 Å². The van der Waals surface area contributed by atoms with Gasteiger partial charge in [-0.05, 0) is 35.4 Å². The van der Waals surface area contributed by atoms with Crippen molar-refractivity contribution in [2.24, 2.45) is 0 Å². The van der Waals surface area contributed by atoms with Gasteiger partial charge in [-0.1, -0.05) is 18.2 Å². The molecule has 2 aromatic rings. The summed E-state index contributed by atoms with van der Waals surface area (Å²) in [7, 11) is 0. The minimum absolute atomic E-state index is 0.248. The van der Waals surface area contributed by atoms with Crippen LogP contribution in [0.4, 0.5) is 17.6 Å². The summed E-state index contributed by atoms with van der Waals surface area (Å²) in [6, 6.07) is 10.8. The Labute approximate surface area is 106 Å². The predicted molar refractivity (Wildman–Crippen MR) is 61.6 cm³/mol. The van der Waals surface area contributed by atoms with Crippen LogP contribution in [0.5, 0.6) is 0 Å². The highest BCUT2D eigenvalue weighted by molar-refractivity contribution is 5.65. The fourth-order valence-corrected chi connectivity index (χ4v) is 1.66. The van der Waals surface area contributed by atoms with E-state index in [1.54, 1.807) is 0 Å². The smallest absolute Gasteiger partial charge is 0.206 e. The third-order valence-corrected chi connectivity index (χ3v) is 2.62. The van der Waals surface area contributed by atoms with E-state index in [0.29, 0.717) is 11.1 Å². The lowest BCUT2D eigenvalue weighted by Crippen LogP contribution is -2.08. The third kappa shape index (κ3) is 2.74. The van der Waals surface area contributed by atoms with Crippen LogP contribution >= 0.6 is 0 Å². The van der Waals surface area contributed by atoms with Gasteiger partial charge in [0.2, 0.25) is 0 Å². The Kier molecular flexibility index (Phi) is 3.26. The van der Waals surface area contributed by atoms with Crippen molar-refractivity contribution in [3.63, 3.8) is 0 Å². The van der Waals surface area contributed by atoms with E-state index in [4.69, 9.17) is 5.26 Å². The zero-order valence-electron chi connectivity index (χ0n) is 9.50. The molecule has 2 rings (SSSR count). The summed E-state index contributed by atoms with van der Waals surface area (Å²) in [5, 5.41) is 8.64. The van der Waals surface area contributed by atoms with E-state index < -0.39 is 17.6 Å². The molecule has 0 saturated carbocycles. The van der Waals surface area contributed by atoms with Crippen molar-refractivity contribution < 1.29 is 17.6 Å². The highest BCUT2D eigenvalue weighted by Crippen LogP contribution is 2.34. The van der Waals surface area contributed by atoms with Crippen LogP contribution in [0.25, 0.3) is 11.1 Å². The molecule has 0 aliphatic heterocycles. The molecule has 0 saturated heterocycles. The first-order chi connectivity index (χ1) is 8.91. The lowest BCUT2D eigenvalue weighted by molar-refractivity contribution is -0.139. The Bertz CT molecular complexity index is 636. The highest BCUT2D eigenvalue weighted by atomic mass is 19.4. The molecule has 2 aromatic carbocycles. The second-order valence-corrected chi connectivity index (χ2v) is 3.88. The predicted octanol–water partition coefficient (Wildman–Crippen LogP) is 4.38. The van der Waals surface area contributed by atoms with Crippen molar-refractivity contribution in [2.75, 3.05) is 0 Å². The zero-order chi connectivity index (χ0) is 14.0. The van der Waals surface area contributed by atoms with E-state index in [0.717, 1.165) is 12.1 Å². The number of alkyl halides is 3. The molecule has 0 bridgehead atoms. The molecule has 0 heterocycles. The third-order valence-electron chi connectivity index (χ3n) is 2.62. The summed E-state index contributed by atoms with van der Waals surface area (Å²) in [4.78, 5) is 0. The molecule has 19 heavy (non-hydrogen) atoms. The van der Waals surface area contributed by atoms with Crippen LogP contribution in [0, 0.1) is 17.1 Å². The first-order valence-corrected chi connectivity index (χ1v) is 5.29. The fourth-order valence-electron chi connectivity index (χ4n) is 1.66. The quantitative estimate of drug-likeness (QED) is 0.702. The zero-order valence-corrected chi connectivity index (χ0v) is 9.50. The van der Waals surface area contributed by atoms with E-state index in [-0.39, 0.29) is 5.56 Å². The van der Waals surface area contributed by atoms with Gasteiger partial charge in [0.25, 0.3) is 0 Å². The second kappa shape index (κ2) is 4.73. The molecular weight excluding hydrogens is 258 g/mol. The van der Waals surface area contributed by atoms with Gasteiger partial charge in [0, 0.05) is 0 Å². The van der Waals surface area contributed by atoms with Gasteiger partial charge in [-0.2, -0.15) is 18.4 Å². The van der Waals surface area contributed by atoms with Crippen LogP contribution in [-0.2, 0) is 6.18 Å². The van der Waals surface area contributed by atoms with Crippen LogP contribution < -0.4 is 0 Å². The van der Waals surface area contributed by atoms with Gasteiger partial charge in [-0.25, -0.2) is 4.39 Å². The number of benzene rings is 2. The number of rotatable bonds is 1. The Hall–Kier alpha value is -2.35. The fraction of sp³-hybridized carbons (Fsp3) is 0.0714. The molecule has 0 N–H and O–H groups in total. The molecule has 0 amide bonds. The molecule has 0 aliphatic carbocycles. The maximum absolute atomic E-state index is 13.1. The van der Waals surface area contributed by atoms with E-state index in [2.05, 4.69) is 0 Å². The summed E-state index contributed by atoms with van der Waals surface area (Å²) < 4.78 is 50.9. The molecule has 0 radical (unpaired) electrons. The van der Waals surface area contributed by atoms with Crippen molar-refractivity contribution in [3.05, 3.63) is 59.4 Å². The van der Waals surface area contributed by atoms with Gasteiger partial charge in [0.15, 0.2) is 0 Å². The summed E-state index contributed by atoms with van der Waals surface area (Å²) in [6.07, 6.45) is -4.73. The van der Waals surface area contributed by atoms with E-state index in [1.807, 2.05) is 6.07 Å². The molecular formula is C14H7F4N. The maximum atomic E-state index is 13.1. The number of nitrogens with zero attached hydrogens (tertiary/aromatic N) is 1. The number of hydrogen-bond donors (Lipinski definition) is 0. The Morgan fingerprint density at radius 1 is 0.895 bits per heavy atom. The summed E-state index contributed by atoms with van der Waals surface area (Å²) in [6.45, 7) is 0.